The van der Waals surface area contributed by atoms with Crippen LogP contribution in [0.25, 0.3) is 11.3 Å². The van der Waals surface area contributed by atoms with Crippen molar-refractivity contribution in [2.75, 3.05) is 50.6 Å². The first-order valence-corrected chi connectivity index (χ1v) is 10.7. The van der Waals surface area contributed by atoms with Gasteiger partial charge in [0.25, 0.3) is 0 Å². The SMILES string of the molecule is CN(C(=O)CO)C1CC(Oc2cc(-c3cnc(N)cc3C(F)(F)F)nc(N3CCOCC3)n2)C1. The van der Waals surface area contributed by atoms with Crippen LogP contribution < -0.4 is 15.4 Å². The predicted octanol–water partition coefficient (Wildman–Crippen LogP) is 1.34. The van der Waals surface area contributed by atoms with E-state index in [2.05, 4.69) is 15.0 Å². The summed E-state index contributed by atoms with van der Waals surface area (Å²) in [6.45, 7) is 1.27. The van der Waals surface area contributed by atoms with Crippen molar-refractivity contribution in [3.63, 3.8) is 0 Å². The Kier molecular flexibility index (Phi) is 6.75. The van der Waals surface area contributed by atoms with Crippen molar-refractivity contribution in [3.8, 4) is 17.1 Å². The molecular weight excluding hydrogens is 457 g/mol. The normalized spacial score (nSPS) is 20.6. The first-order valence-electron chi connectivity index (χ1n) is 10.7. The maximum absolute atomic E-state index is 13.7. The van der Waals surface area contributed by atoms with Crippen LogP contribution in [0, 0.1) is 0 Å². The lowest BCUT2D eigenvalue weighted by molar-refractivity contribution is -0.138. The van der Waals surface area contributed by atoms with Gasteiger partial charge >= 0.3 is 6.18 Å². The Morgan fingerprint density at radius 1 is 1.29 bits per heavy atom. The van der Waals surface area contributed by atoms with E-state index in [-0.39, 0.29) is 41.0 Å². The van der Waals surface area contributed by atoms with Gasteiger partial charge in [-0.25, -0.2) is 9.97 Å². The van der Waals surface area contributed by atoms with E-state index in [9.17, 15) is 18.0 Å². The number of anilines is 2. The van der Waals surface area contributed by atoms with Crippen molar-refractivity contribution in [3.05, 3.63) is 23.9 Å². The van der Waals surface area contributed by atoms with Gasteiger partial charge in [0, 0.05) is 56.8 Å². The highest BCUT2D eigenvalue weighted by molar-refractivity contribution is 5.77. The Labute approximate surface area is 193 Å². The number of morpholine rings is 1. The number of halogens is 3. The number of aliphatic hydroxyl groups excluding tert-OH is 1. The smallest absolute Gasteiger partial charge is 0.417 e. The molecule has 2 fully saturated rings. The number of hydrogen-bond acceptors (Lipinski definition) is 9. The van der Waals surface area contributed by atoms with Gasteiger partial charge in [0.05, 0.1) is 24.5 Å². The molecule has 0 atom stereocenters. The summed E-state index contributed by atoms with van der Waals surface area (Å²) in [7, 11) is 1.60. The van der Waals surface area contributed by atoms with E-state index in [4.69, 9.17) is 20.3 Å². The lowest BCUT2D eigenvalue weighted by Crippen LogP contribution is -2.50. The highest BCUT2D eigenvalue weighted by Crippen LogP contribution is 2.38. The zero-order chi connectivity index (χ0) is 24.5. The molecule has 13 heteroatoms. The largest absolute Gasteiger partial charge is 0.474 e. The second kappa shape index (κ2) is 9.58. The number of pyridine rings is 1. The third kappa shape index (κ3) is 5.14. The number of aliphatic hydroxyl groups is 1. The lowest BCUT2D eigenvalue weighted by atomic mass is 9.88. The second-order valence-electron chi connectivity index (χ2n) is 8.17. The van der Waals surface area contributed by atoms with Gasteiger partial charge in [-0.15, -0.1) is 0 Å². The zero-order valence-corrected chi connectivity index (χ0v) is 18.5. The van der Waals surface area contributed by atoms with Crippen LogP contribution in [0.1, 0.15) is 18.4 Å². The summed E-state index contributed by atoms with van der Waals surface area (Å²) in [5.41, 5.74) is 4.33. The molecule has 0 spiro atoms. The number of nitrogen functional groups attached to an aromatic ring is 1. The minimum Gasteiger partial charge on any atom is -0.474 e. The van der Waals surface area contributed by atoms with Gasteiger partial charge in [0.1, 0.15) is 18.5 Å². The van der Waals surface area contributed by atoms with Crippen molar-refractivity contribution in [1.29, 1.82) is 0 Å². The summed E-state index contributed by atoms with van der Waals surface area (Å²) in [5, 5.41) is 9.02. The number of carbonyl (C=O) groups excluding carboxylic acids is 1. The molecule has 1 saturated heterocycles. The van der Waals surface area contributed by atoms with Gasteiger partial charge in [-0.05, 0) is 6.07 Å². The molecular formula is C21H25F3N6O4. The van der Waals surface area contributed by atoms with E-state index >= 15 is 0 Å². The molecule has 2 aromatic rings. The highest BCUT2D eigenvalue weighted by Gasteiger charge is 2.37. The summed E-state index contributed by atoms with van der Waals surface area (Å²) >= 11 is 0. The lowest BCUT2D eigenvalue weighted by Gasteiger charge is -2.40. The third-order valence-electron chi connectivity index (χ3n) is 5.92. The van der Waals surface area contributed by atoms with Crippen molar-refractivity contribution in [2.45, 2.75) is 31.2 Å². The number of hydrogen-bond donors (Lipinski definition) is 2. The number of nitrogens with two attached hydrogens (primary N) is 1. The van der Waals surface area contributed by atoms with Crippen molar-refractivity contribution < 1.29 is 32.5 Å². The van der Waals surface area contributed by atoms with Gasteiger partial charge in [-0.2, -0.15) is 18.2 Å². The molecule has 1 amide bonds. The number of amides is 1. The maximum atomic E-state index is 13.7. The molecule has 4 rings (SSSR count). The van der Waals surface area contributed by atoms with Crippen LogP contribution in [0.15, 0.2) is 18.3 Å². The monoisotopic (exact) mass is 482 g/mol. The predicted molar refractivity (Wildman–Crippen MR) is 115 cm³/mol. The fourth-order valence-electron chi connectivity index (χ4n) is 3.86. The van der Waals surface area contributed by atoms with Crippen LogP contribution in [0.2, 0.25) is 0 Å². The van der Waals surface area contributed by atoms with E-state index in [1.165, 1.54) is 11.0 Å². The number of nitrogens with zero attached hydrogens (tertiary/aromatic N) is 5. The van der Waals surface area contributed by atoms with Crippen LogP contribution in [0.5, 0.6) is 5.88 Å². The van der Waals surface area contributed by atoms with E-state index in [0.29, 0.717) is 39.1 Å². The molecule has 1 aliphatic heterocycles. The molecule has 3 N–H and O–H groups in total. The Hall–Kier alpha value is -3.19. The van der Waals surface area contributed by atoms with Gasteiger partial charge in [0.2, 0.25) is 17.7 Å². The molecule has 0 aromatic carbocycles. The van der Waals surface area contributed by atoms with E-state index in [1.54, 1.807) is 7.05 Å². The Balaban J connectivity index is 1.63. The minimum atomic E-state index is -4.66. The molecule has 2 aliphatic rings. The summed E-state index contributed by atoms with van der Waals surface area (Å²) in [6, 6.07) is 2.03. The second-order valence-corrected chi connectivity index (χ2v) is 8.17. The van der Waals surface area contributed by atoms with Crippen LogP contribution in [0.3, 0.4) is 0 Å². The average Bonchev–Trinajstić information content (AvgIpc) is 2.80. The topological polar surface area (TPSA) is 127 Å². The standard InChI is InChI=1S/C21H25F3N6O4/c1-29(19(32)11-31)12-6-13(7-12)34-18-9-16(27-20(28-18)30-2-4-33-5-3-30)14-10-26-17(25)8-15(14)21(22,23)24/h8-10,12-13,31H,2-7,11H2,1H3,(H2,25,26). The molecule has 10 nitrogen and oxygen atoms in total. The van der Waals surface area contributed by atoms with E-state index < -0.39 is 24.3 Å². The van der Waals surface area contributed by atoms with Gasteiger partial charge in [-0.3, -0.25) is 4.79 Å². The molecule has 3 heterocycles. The van der Waals surface area contributed by atoms with Crippen LogP contribution >= 0.6 is 0 Å². The maximum Gasteiger partial charge on any atom is 0.417 e. The van der Waals surface area contributed by atoms with Crippen molar-refractivity contribution >= 4 is 17.7 Å². The number of ether oxygens (including phenoxy) is 2. The summed E-state index contributed by atoms with van der Waals surface area (Å²) < 4.78 is 52.5. The quantitative estimate of drug-likeness (QED) is 0.627. The van der Waals surface area contributed by atoms with Crippen molar-refractivity contribution in [2.24, 2.45) is 0 Å². The summed E-state index contributed by atoms with van der Waals surface area (Å²) in [6.07, 6.45) is -2.90. The van der Waals surface area contributed by atoms with Gasteiger partial charge < -0.3 is 30.1 Å². The fraction of sp³-hybridized carbons (Fsp3) is 0.524. The molecule has 2 aromatic heterocycles. The summed E-state index contributed by atoms with van der Waals surface area (Å²) in [4.78, 5) is 27.6. The number of rotatable bonds is 6. The number of alkyl halides is 3. The molecule has 1 saturated carbocycles. The highest BCUT2D eigenvalue weighted by atomic mass is 19.4. The van der Waals surface area contributed by atoms with Crippen molar-refractivity contribution in [1.82, 2.24) is 19.9 Å². The zero-order valence-electron chi connectivity index (χ0n) is 18.5. The Morgan fingerprint density at radius 2 is 2.00 bits per heavy atom. The molecule has 34 heavy (non-hydrogen) atoms. The molecule has 0 unspecified atom stereocenters. The number of carbonyl (C=O) groups is 1. The Morgan fingerprint density at radius 3 is 2.65 bits per heavy atom. The summed E-state index contributed by atoms with van der Waals surface area (Å²) in [5.74, 6) is -0.296. The van der Waals surface area contributed by atoms with Crippen LogP contribution in [-0.2, 0) is 15.7 Å². The molecule has 0 bridgehead atoms. The van der Waals surface area contributed by atoms with Gasteiger partial charge in [0.15, 0.2) is 0 Å². The molecule has 184 valence electrons. The fourth-order valence-corrected chi connectivity index (χ4v) is 3.86. The van der Waals surface area contributed by atoms with E-state index in [0.717, 1.165) is 12.3 Å². The average molecular weight is 482 g/mol. The first kappa shape index (κ1) is 24.0. The number of likely N-dealkylation sites (N-methyl/N-ethyl adjacent to an activating group) is 1. The van der Waals surface area contributed by atoms with Crippen LogP contribution in [0.4, 0.5) is 24.9 Å². The number of aromatic nitrogens is 3. The Bertz CT molecular complexity index is 1040. The van der Waals surface area contributed by atoms with E-state index in [1.807, 2.05) is 4.90 Å². The molecule has 0 radical (unpaired) electrons. The molecule has 1 aliphatic carbocycles. The first-order chi connectivity index (χ1) is 16.2. The van der Waals surface area contributed by atoms with Crippen LogP contribution in [-0.4, -0.2) is 83.0 Å². The van der Waals surface area contributed by atoms with Gasteiger partial charge in [-0.1, -0.05) is 0 Å². The third-order valence-corrected chi connectivity index (χ3v) is 5.92. The minimum absolute atomic E-state index is 0.00904.